The van der Waals surface area contributed by atoms with Crippen LogP contribution in [0.15, 0.2) is 0 Å². The third-order valence-electron chi connectivity index (χ3n) is 4.97. The number of nitriles is 1. The second kappa shape index (κ2) is 6.91. The van der Waals surface area contributed by atoms with Gasteiger partial charge >= 0.3 is 0 Å². The van der Waals surface area contributed by atoms with Gasteiger partial charge in [-0.1, -0.05) is 25.7 Å². The summed E-state index contributed by atoms with van der Waals surface area (Å²) >= 11 is 0. The number of nitrogens with one attached hydrogen (secondary N) is 1. The first kappa shape index (κ1) is 15.8. The first-order chi connectivity index (χ1) is 9.57. The zero-order valence-electron chi connectivity index (χ0n) is 13.5. The fourth-order valence-corrected chi connectivity index (χ4v) is 3.76. The Morgan fingerprint density at radius 3 is 2.20 bits per heavy atom. The molecule has 114 valence electrons. The van der Waals surface area contributed by atoms with Crippen molar-refractivity contribution in [2.75, 3.05) is 13.6 Å². The molecule has 0 saturated heterocycles. The molecule has 2 rings (SSSR count). The van der Waals surface area contributed by atoms with Gasteiger partial charge < -0.3 is 4.90 Å². The van der Waals surface area contributed by atoms with E-state index in [9.17, 15) is 5.26 Å². The summed E-state index contributed by atoms with van der Waals surface area (Å²) in [4.78, 5) is 2.47. The van der Waals surface area contributed by atoms with Crippen LogP contribution >= 0.6 is 0 Å². The Balaban J connectivity index is 2.00. The van der Waals surface area contributed by atoms with Crippen LogP contribution in [-0.4, -0.2) is 36.1 Å². The first-order valence-corrected chi connectivity index (χ1v) is 8.46. The van der Waals surface area contributed by atoms with Crippen LogP contribution in [0, 0.1) is 17.2 Å². The van der Waals surface area contributed by atoms with Crippen LogP contribution in [0.5, 0.6) is 0 Å². The highest BCUT2D eigenvalue weighted by atomic mass is 15.2. The second-order valence-electron chi connectivity index (χ2n) is 7.22. The van der Waals surface area contributed by atoms with Crippen LogP contribution in [0.3, 0.4) is 0 Å². The molecular weight excluding hydrogens is 246 g/mol. The van der Waals surface area contributed by atoms with Crippen molar-refractivity contribution in [3.05, 3.63) is 0 Å². The van der Waals surface area contributed by atoms with Gasteiger partial charge in [0.25, 0.3) is 0 Å². The van der Waals surface area contributed by atoms with E-state index >= 15 is 0 Å². The summed E-state index contributed by atoms with van der Waals surface area (Å²) in [6.45, 7) is 5.19. The summed E-state index contributed by atoms with van der Waals surface area (Å²) in [5.74, 6) is 0.558. The third kappa shape index (κ3) is 3.96. The molecule has 2 aliphatic rings. The number of nitrogens with zero attached hydrogens (tertiary/aromatic N) is 2. The molecule has 0 amide bonds. The molecule has 2 aliphatic carbocycles. The van der Waals surface area contributed by atoms with Crippen molar-refractivity contribution in [1.82, 2.24) is 10.2 Å². The van der Waals surface area contributed by atoms with Crippen molar-refractivity contribution >= 4 is 0 Å². The molecule has 1 atom stereocenters. The van der Waals surface area contributed by atoms with Gasteiger partial charge in [-0.2, -0.15) is 5.26 Å². The molecule has 2 fully saturated rings. The van der Waals surface area contributed by atoms with Crippen LogP contribution in [-0.2, 0) is 0 Å². The Hall–Kier alpha value is -0.590. The topological polar surface area (TPSA) is 39.1 Å². The molecule has 0 spiro atoms. The van der Waals surface area contributed by atoms with E-state index in [4.69, 9.17) is 0 Å². The largest absolute Gasteiger partial charge is 0.301 e. The second-order valence-corrected chi connectivity index (χ2v) is 7.22. The van der Waals surface area contributed by atoms with Crippen LogP contribution < -0.4 is 5.32 Å². The van der Waals surface area contributed by atoms with Gasteiger partial charge in [0, 0.05) is 18.6 Å². The smallest absolute Gasteiger partial charge is 0.122 e. The molecule has 0 radical (unpaired) electrons. The molecule has 0 aromatic carbocycles. The average Bonchev–Trinajstić information content (AvgIpc) is 3.23. The highest BCUT2D eigenvalue weighted by Gasteiger charge is 2.47. The minimum absolute atomic E-state index is 0.324. The Bertz CT molecular complexity index is 335. The molecule has 1 N–H and O–H groups in total. The maximum Gasteiger partial charge on any atom is 0.122 e. The van der Waals surface area contributed by atoms with Crippen LogP contribution in [0.2, 0.25) is 0 Å². The standard InChI is InChI=1S/C17H31N3/c1-14(2)19-17(12-18,15-10-11-15)13-20(3)16-8-6-4-5-7-9-16/h14-16,19H,4-11,13H2,1-3H3. The molecule has 2 saturated carbocycles. The van der Waals surface area contributed by atoms with Crippen molar-refractivity contribution in [3.63, 3.8) is 0 Å². The van der Waals surface area contributed by atoms with E-state index in [-0.39, 0.29) is 5.54 Å². The molecular formula is C17H31N3. The number of hydrogen-bond donors (Lipinski definition) is 1. The van der Waals surface area contributed by atoms with E-state index < -0.39 is 0 Å². The molecule has 0 aromatic heterocycles. The Morgan fingerprint density at radius 1 is 1.15 bits per heavy atom. The van der Waals surface area contributed by atoms with E-state index in [1.54, 1.807) is 0 Å². The maximum absolute atomic E-state index is 9.80. The van der Waals surface area contributed by atoms with Gasteiger partial charge in [0.2, 0.25) is 0 Å². The molecule has 0 aromatic rings. The van der Waals surface area contributed by atoms with Crippen molar-refractivity contribution in [2.45, 2.75) is 82.8 Å². The Morgan fingerprint density at radius 2 is 1.75 bits per heavy atom. The number of likely N-dealkylation sites (N-methyl/N-ethyl adjacent to an activating group) is 1. The van der Waals surface area contributed by atoms with Crippen molar-refractivity contribution in [1.29, 1.82) is 5.26 Å². The van der Waals surface area contributed by atoms with Gasteiger partial charge in [0.05, 0.1) is 6.07 Å². The normalized spacial score (nSPS) is 24.4. The lowest BCUT2D eigenvalue weighted by Crippen LogP contribution is -2.57. The lowest BCUT2D eigenvalue weighted by molar-refractivity contribution is 0.159. The van der Waals surface area contributed by atoms with E-state index in [1.165, 1.54) is 51.4 Å². The third-order valence-corrected chi connectivity index (χ3v) is 4.97. The van der Waals surface area contributed by atoms with Gasteiger partial charge in [-0.15, -0.1) is 0 Å². The van der Waals surface area contributed by atoms with Gasteiger partial charge in [0.1, 0.15) is 5.54 Å². The molecule has 0 aliphatic heterocycles. The van der Waals surface area contributed by atoms with Crippen LogP contribution in [0.25, 0.3) is 0 Å². The summed E-state index contributed by atoms with van der Waals surface area (Å²) in [7, 11) is 2.23. The molecule has 1 unspecified atom stereocenters. The summed E-state index contributed by atoms with van der Waals surface area (Å²) in [5, 5.41) is 13.4. The number of hydrogen-bond acceptors (Lipinski definition) is 3. The van der Waals surface area contributed by atoms with E-state index in [2.05, 4.69) is 37.2 Å². The molecule has 20 heavy (non-hydrogen) atoms. The summed E-state index contributed by atoms with van der Waals surface area (Å²) < 4.78 is 0. The summed E-state index contributed by atoms with van der Waals surface area (Å²) in [6, 6.07) is 3.69. The number of rotatable bonds is 6. The SMILES string of the molecule is CC(C)NC(C#N)(CN(C)C1CCCCCC1)C1CC1. The molecule has 0 heterocycles. The van der Waals surface area contributed by atoms with Gasteiger partial charge in [-0.25, -0.2) is 0 Å². The lowest BCUT2D eigenvalue weighted by atomic mass is 9.92. The minimum atomic E-state index is -0.324. The zero-order chi connectivity index (χ0) is 14.6. The first-order valence-electron chi connectivity index (χ1n) is 8.46. The molecule has 0 bridgehead atoms. The Kier molecular flexibility index (Phi) is 5.46. The monoisotopic (exact) mass is 277 g/mol. The van der Waals surface area contributed by atoms with Gasteiger partial charge in [-0.05, 0) is 52.5 Å². The zero-order valence-corrected chi connectivity index (χ0v) is 13.5. The minimum Gasteiger partial charge on any atom is -0.301 e. The molecule has 3 heteroatoms. The Labute approximate surface area is 124 Å². The summed E-state index contributed by atoms with van der Waals surface area (Å²) in [5.41, 5.74) is -0.324. The quantitative estimate of drug-likeness (QED) is 0.757. The maximum atomic E-state index is 9.80. The van der Waals surface area contributed by atoms with Gasteiger partial charge in [-0.3, -0.25) is 5.32 Å². The predicted molar refractivity (Wildman–Crippen MR) is 83.5 cm³/mol. The fourth-order valence-electron chi connectivity index (χ4n) is 3.76. The van der Waals surface area contributed by atoms with Crippen molar-refractivity contribution in [2.24, 2.45) is 5.92 Å². The van der Waals surface area contributed by atoms with Crippen LogP contribution in [0.4, 0.5) is 0 Å². The van der Waals surface area contributed by atoms with Crippen LogP contribution in [0.1, 0.15) is 65.2 Å². The predicted octanol–water partition coefficient (Wildman–Crippen LogP) is 3.31. The average molecular weight is 277 g/mol. The van der Waals surface area contributed by atoms with E-state index in [1.807, 2.05) is 0 Å². The summed E-state index contributed by atoms with van der Waals surface area (Å²) in [6.07, 6.45) is 10.5. The van der Waals surface area contributed by atoms with Crippen molar-refractivity contribution in [3.8, 4) is 6.07 Å². The highest BCUT2D eigenvalue weighted by molar-refractivity contribution is 5.17. The molecule has 3 nitrogen and oxygen atoms in total. The van der Waals surface area contributed by atoms with E-state index in [0.717, 1.165) is 6.54 Å². The van der Waals surface area contributed by atoms with E-state index in [0.29, 0.717) is 18.0 Å². The highest BCUT2D eigenvalue weighted by Crippen LogP contribution is 2.40. The van der Waals surface area contributed by atoms with Crippen molar-refractivity contribution < 1.29 is 0 Å². The van der Waals surface area contributed by atoms with Gasteiger partial charge in [0.15, 0.2) is 0 Å². The fraction of sp³-hybridized carbons (Fsp3) is 0.941. The lowest BCUT2D eigenvalue weighted by Gasteiger charge is -2.37.